The number of piperidine rings is 1. The van der Waals surface area contributed by atoms with E-state index in [-0.39, 0.29) is 18.4 Å². The number of nitrogens with zero attached hydrogens (tertiary/aromatic N) is 1. The molecule has 4 heteroatoms. The SMILES string of the molecule is Cc1ccccc1C(=O)OCCN1CCCCC1.Cl. The first-order valence-corrected chi connectivity index (χ1v) is 6.72. The Hall–Kier alpha value is -1.06. The fraction of sp³-hybridized carbons (Fsp3) is 0.533. The molecule has 106 valence electrons. The van der Waals surface area contributed by atoms with Crippen molar-refractivity contribution in [3.05, 3.63) is 35.4 Å². The highest BCUT2D eigenvalue weighted by Gasteiger charge is 2.12. The van der Waals surface area contributed by atoms with Gasteiger partial charge in [0.25, 0.3) is 0 Å². The van der Waals surface area contributed by atoms with Gasteiger partial charge in [0.2, 0.25) is 0 Å². The van der Waals surface area contributed by atoms with Gasteiger partial charge in [0.15, 0.2) is 0 Å². The normalized spacial score (nSPS) is 15.6. The zero-order valence-corrected chi connectivity index (χ0v) is 12.2. The number of carbonyl (C=O) groups is 1. The van der Waals surface area contributed by atoms with Crippen LogP contribution in [0.25, 0.3) is 0 Å². The largest absolute Gasteiger partial charge is 0.461 e. The minimum absolute atomic E-state index is 0. The van der Waals surface area contributed by atoms with Crippen LogP contribution >= 0.6 is 12.4 Å². The molecule has 0 atom stereocenters. The van der Waals surface area contributed by atoms with E-state index < -0.39 is 0 Å². The lowest BCUT2D eigenvalue weighted by molar-refractivity contribution is 0.0451. The molecule has 1 aliphatic heterocycles. The van der Waals surface area contributed by atoms with Crippen molar-refractivity contribution in [1.82, 2.24) is 4.90 Å². The van der Waals surface area contributed by atoms with E-state index in [1.54, 1.807) is 0 Å². The van der Waals surface area contributed by atoms with Crippen LogP contribution in [0.3, 0.4) is 0 Å². The van der Waals surface area contributed by atoms with Gasteiger partial charge in [0, 0.05) is 6.54 Å². The Labute approximate surface area is 121 Å². The molecule has 0 spiro atoms. The van der Waals surface area contributed by atoms with Crippen LogP contribution in [-0.2, 0) is 4.74 Å². The lowest BCUT2D eigenvalue weighted by Crippen LogP contribution is -2.33. The Morgan fingerprint density at radius 3 is 2.58 bits per heavy atom. The lowest BCUT2D eigenvalue weighted by atomic mass is 10.1. The standard InChI is InChI=1S/C15H21NO2.ClH/c1-13-7-3-4-8-14(13)15(17)18-12-11-16-9-5-2-6-10-16;/h3-4,7-8H,2,5-6,9-12H2,1H3;1H. The molecule has 0 bridgehead atoms. The maximum absolute atomic E-state index is 11.9. The van der Waals surface area contributed by atoms with Gasteiger partial charge in [-0.25, -0.2) is 4.79 Å². The van der Waals surface area contributed by atoms with Gasteiger partial charge in [-0.05, 0) is 44.5 Å². The van der Waals surface area contributed by atoms with E-state index in [4.69, 9.17) is 4.74 Å². The van der Waals surface area contributed by atoms with E-state index in [9.17, 15) is 4.79 Å². The molecule has 0 aliphatic carbocycles. The van der Waals surface area contributed by atoms with Gasteiger partial charge in [-0.15, -0.1) is 12.4 Å². The molecule has 0 radical (unpaired) electrons. The van der Waals surface area contributed by atoms with Gasteiger partial charge >= 0.3 is 5.97 Å². The number of hydrogen-bond acceptors (Lipinski definition) is 3. The molecule has 0 amide bonds. The third kappa shape index (κ3) is 4.84. The smallest absolute Gasteiger partial charge is 0.338 e. The monoisotopic (exact) mass is 283 g/mol. The summed E-state index contributed by atoms with van der Waals surface area (Å²) in [5.41, 5.74) is 1.65. The summed E-state index contributed by atoms with van der Waals surface area (Å²) >= 11 is 0. The molecule has 0 saturated carbocycles. The zero-order valence-electron chi connectivity index (χ0n) is 11.4. The summed E-state index contributed by atoms with van der Waals surface area (Å²) in [6, 6.07) is 7.55. The molecular formula is C15H22ClNO2. The molecule has 3 nitrogen and oxygen atoms in total. The van der Waals surface area contributed by atoms with E-state index in [1.807, 2.05) is 31.2 Å². The van der Waals surface area contributed by atoms with Crippen molar-refractivity contribution >= 4 is 18.4 Å². The Kier molecular flexibility index (Phi) is 6.89. The maximum atomic E-state index is 11.9. The van der Waals surface area contributed by atoms with Crippen LogP contribution in [0, 0.1) is 6.92 Å². The van der Waals surface area contributed by atoms with Gasteiger partial charge in [-0.2, -0.15) is 0 Å². The number of benzene rings is 1. The Bertz CT molecular complexity index is 403. The van der Waals surface area contributed by atoms with Crippen molar-refractivity contribution in [2.45, 2.75) is 26.2 Å². The molecule has 1 aromatic rings. The zero-order chi connectivity index (χ0) is 12.8. The van der Waals surface area contributed by atoms with Crippen LogP contribution in [0.15, 0.2) is 24.3 Å². The molecule has 0 N–H and O–H groups in total. The number of aryl methyl sites for hydroxylation is 1. The quantitative estimate of drug-likeness (QED) is 0.796. The molecule has 0 unspecified atom stereocenters. The van der Waals surface area contributed by atoms with Gasteiger partial charge < -0.3 is 4.74 Å². The number of carbonyl (C=O) groups excluding carboxylic acids is 1. The fourth-order valence-electron chi connectivity index (χ4n) is 2.33. The minimum Gasteiger partial charge on any atom is -0.461 e. The maximum Gasteiger partial charge on any atom is 0.338 e. The topological polar surface area (TPSA) is 29.5 Å². The first-order chi connectivity index (χ1) is 8.77. The van der Waals surface area contributed by atoms with Crippen molar-refractivity contribution in [2.24, 2.45) is 0 Å². The van der Waals surface area contributed by atoms with E-state index in [0.29, 0.717) is 12.2 Å². The Morgan fingerprint density at radius 1 is 1.21 bits per heavy atom. The van der Waals surface area contributed by atoms with Crippen LogP contribution in [0.1, 0.15) is 35.2 Å². The summed E-state index contributed by atoms with van der Waals surface area (Å²) in [5, 5.41) is 0. The van der Waals surface area contributed by atoms with Gasteiger partial charge in [0.1, 0.15) is 6.61 Å². The molecule has 1 aliphatic rings. The summed E-state index contributed by atoms with van der Waals surface area (Å²) in [5.74, 6) is -0.204. The predicted molar refractivity (Wildman–Crippen MR) is 79.0 cm³/mol. The second-order valence-electron chi connectivity index (χ2n) is 4.85. The van der Waals surface area contributed by atoms with Crippen molar-refractivity contribution in [3.63, 3.8) is 0 Å². The summed E-state index contributed by atoms with van der Waals surface area (Å²) in [4.78, 5) is 14.2. The molecule has 19 heavy (non-hydrogen) atoms. The second kappa shape index (κ2) is 8.18. The van der Waals surface area contributed by atoms with Gasteiger partial charge in [-0.3, -0.25) is 4.90 Å². The molecule has 1 saturated heterocycles. The third-order valence-corrected chi connectivity index (χ3v) is 3.45. The molecule has 0 aromatic heterocycles. The lowest BCUT2D eigenvalue weighted by Gasteiger charge is -2.25. The fourth-order valence-corrected chi connectivity index (χ4v) is 2.33. The Morgan fingerprint density at radius 2 is 1.89 bits per heavy atom. The van der Waals surface area contributed by atoms with E-state index in [0.717, 1.165) is 25.2 Å². The number of ether oxygens (including phenoxy) is 1. The van der Waals surface area contributed by atoms with E-state index >= 15 is 0 Å². The van der Waals surface area contributed by atoms with Crippen LogP contribution in [0.2, 0.25) is 0 Å². The van der Waals surface area contributed by atoms with E-state index in [1.165, 1.54) is 19.3 Å². The van der Waals surface area contributed by atoms with Crippen molar-refractivity contribution in [3.8, 4) is 0 Å². The highest BCUT2D eigenvalue weighted by atomic mass is 35.5. The number of esters is 1. The average molecular weight is 284 g/mol. The first kappa shape index (κ1) is 16.0. The van der Waals surface area contributed by atoms with Gasteiger partial charge in [0.05, 0.1) is 5.56 Å². The summed E-state index contributed by atoms with van der Waals surface area (Å²) in [7, 11) is 0. The summed E-state index contributed by atoms with van der Waals surface area (Å²) in [6.45, 7) is 5.57. The van der Waals surface area contributed by atoms with Crippen molar-refractivity contribution < 1.29 is 9.53 Å². The van der Waals surface area contributed by atoms with Crippen LogP contribution in [0.5, 0.6) is 0 Å². The van der Waals surface area contributed by atoms with Crippen LogP contribution in [0.4, 0.5) is 0 Å². The predicted octanol–water partition coefficient (Wildman–Crippen LogP) is 3.06. The van der Waals surface area contributed by atoms with Crippen LogP contribution < -0.4 is 0 Å². The molecular weight excluding hydrogens is 262 g/mol. The number of halogens is 1. The van der Waals surface area contributed by atoms with Crippen molar-refractivity contribution in [2.75, 3.05) is 26.2 Å². The highest BCUT2D eigenvalue weighted by molar-refractivity contribution is 5.90. The third-order valence-electron chi connectivity index (χ3n) is 3.45. The number of hydrogen-bond donors (Lipinski definition) is 0. The minimum atomic E-state index is -0.204. The second-order valence-corrected chi connectivity index (χ2v) is 4.85. The van der Waals surface area contributed by atoms with E-state index in [2.05, 4.69) is 4.90 Å². The number of rotatable bonds is 4. The molecule has 1 heterocycles. The average Bonchev–Trinajstić information content (AvgIpc) is 2.40. The molecule has 2 rings (SSSR count). The van der Waals surface area contributed by atoms with Crippen molar-refractivity contribution in [1.29, 1.82) is 0 Å². The van der Waals surface area contributed by atoms with Crippen LogP contribution in [-0.4, -0.2) is 37.1 Å². The number of likely N-dealkylation sites (tertiary alicyclic amines) is 1. The molecule has 1 fully saturated rings. The molecule has 1 aromatic carbocycles. The Balaban J connectivity index is 0.00000180. The first-order valence-electron chi connectivity index (χ1n) is 6.72. The summed E-state index contributed by atoms with van der Waals surface area (Å²) < 4.78 is 5.33. The summed E-state index contributed by atoms with van der Waals surface area (Å²) in [6.07, 6.45) is 3.87. The van der Waals surface area contributed by atoms with Gasteiger partial charge in [-0.1, -0.05) is 24.6 Å². The highest BCUT2D eigenvalue weighted by Crippen LogP contribution is 2.10.